The lowest BCUT2D eigenvalue weighted by Gasteiger charge is -2.30. The van der Waals surface area contributed by atoms with E-state index in [2.05, 4.69) is 4.98 Å². The minimum Gasteiger partial charge on any atom is -0.338 e. The van der Waals surface area contributed by atoms with Gasteiger partial charge >= 0.3 is 5.69 Å². The molecule has 6 heteroatoms. The van der Waals surface area contributed by atoms with Crippen molar-refractivity contribution in [1.82, 2.24) is 14.5 Å². The monoisotopic (exact) mass is 319 g/mol. The number of hydrogen-bond donors (Lipinski definition) is 1. The Morgan fingerprint density at radius 2 is 1.91 bits per heavy atom. The van der Waals surface area contributed by atoms with Crippen LogP contribution < -0.4 is 11.2 Å². The van der Waals surface area contributed by atoms with Crippen LogP contribution in [0.25, 0.3) is 0 Å². The molecule has 0 spiro atoms. The van der Waals surface area contributed by atoms with Gasteiger partial charge in [0.25, 0.3) is 5.56 Å². The lowest BCUT2D eigenvalue weighted by Crippen LogP contribution is -2.41. The summed E-state index contributed by atoms with van der Waals surface area (Å²) in [6, 6.07) is 1.60. The number of likely N-dealkylation sites (tertiary alicyclic amines) is 1. The number of nitrogens with one attached hydrogen (secondary N) is 1. The molecular weight excluding hydrogens is 294 g/mol. The standard InChI is InChI=1S/C17H25N3O3/c21-15-8-10-19(17(23)18-15)12-16(22)20-9-4-7-14(20)11-13-5-2-1-3-6-13/h8,10,13-14H,1-7,9,11-12H2,(H,18,21,23). The summed E-state index contributed by atoms with van der Waals surface area (Å²) in [6.45, 7) is 0.797. The maximum atomic E-state index is 12.6. The van der Waals surface area contributed by atoms with Crippen molar-refractivity contribution < 1.29 is 4.79 Å². The number of carbonyl (C=O) groups is 1. The van der Waals surface area contributed by atoms with Gasteiger partial charge in [-0.3, -0.25) is 19.1 Å². The number of aromatic amines is 1. The highest BCUT2D eigenvalue weighted by molar-refractivity contribution is 5.76. The quantitative estimate of drug-likeness (QED) is 0.914. The van der Waals surface area contributed by atoms with Gasteiger partial charge in [0.05, 0.1) is 0 Å². The third-order valence-electron chi connectivity index (χ3n) is 5.23. The lowest BCUT2D eigenvalue weighted by molar-refractivity contribution is -0.133. The van der Waals surface area contributed by atoms with Gasteiger partial charge in [-0.1, -0.05) is 32.1 Å². The van der Waals surface area contributed by atoms with Crippen molar-refractivity contribution in [2.24, 2.45) is 5.92 Å². The van der Waals surface area contributed by atoms with Crippen molar-refractivity contribution >= 4 is 5.91 Å². The van der Waals surface area contributed by atoms with Gasteiger partial charge in [-0.15, -0.1) is 0 Å². The number of carbonyl (C=O) groups excluding carboxylic acids is 1. The van der Waals surface area contributed by atoms with E-state index < -0.39 is 11.2 Å². The van der Waals surface area contributed by atoms with Crippen molar-refractivity contribution in [3.05, 3.63) is 33.1 Å². The molecule has 2 heterocycles. The zero-order valence-corrected chi connectivity index (χ0v) is 13.5. The Kier molecular flexibility index (Phi) is 4.98. The van der Waals surface area contributed by atoms with Crippen LogP contribution in [0.2, 0.25) is 0 Å². The summed E-state index contributed by atoms with van der Waals surface area (Å²) in [4.78, 5) is 39.5. The number of hydrogen-bond acceptors (Lipinski definition) is 3. The Hall–Kier alpha value is -1.85. The number of rotatable bonds is 4. The summed E-state index contributed by atoms with van der Waals surface area (Å²) in [5.74, 6) is 0.732. The van der Waals surface area contributed by atoms with Crippen molar-refractivity contribution in [2.75, 3.05) is 6.54 Å². The third-order valence-corrected chi connectivity index (χ3v) is 5.23. The highest BCUT2D eigenvalue weighted by atomic mass is 16.2. The van der Waals surface area contributed by atoms with E-state index in [-0.39, 0.29) is 12.5 Å². The van der Waals surface area contributed by atoms with Gasteiger partial charge in [-0.25, -0.2) is 4.79 Å². The average molecular weight is 319 g/mol. The smallest absolute Gasteiger partial charge is 0.328 e. The highest BCUT2D eigenvalue weighted by Gasteiger charge is 2.31. The first-order chi connectivity index (χ1) is 11.1. The Bertz CT molecular complexity index is 658. The molecule has 3 rings (SSSR count). The second-order valence-corrected chi connectivity index (χ2v) is 6.86. The Morgan fingerprint density at radius 3 is 2.65 bits per heavy atom. The Balaban J connectivity index is 1.63. The lowest BCUT2D eigenvalue weighted by atomic mass is 9.84. The van der Waals surface area contributed by atoms with Gasteiger partial charge in [-0.2, -0.15) is 0 Å². The van der Waals surface area contributed by atoms with Crippen LogP contribution in [0.4, 0.5) is 0 Å². The molecule has 23 heavy (non-hydrogen) atoms. The molecule has 1 aliphatic carbocycles. The highest BCUT2D eigenvalue weighted by Crippen LogP contribution is 2.32. The summed E-state index contributed by atoms with van der Waals surface area (Å²) in [5, 5.41) is 0. The van der Waals surface area contributed by atoms with Crippen LogP contribution in [0.3, 0.4) is 0 Å². The average Bonchev–Trinajstić information content (AvgIpc) is 2.99. The van der Waals surface area contributed by atoms with Crippen LogP contribution in [0.15, 0.2) is 21.9 Å². The maximum Gasteiger partial charge on any atom is 0.328 e. The molecule has 1 saturated heterocycles. The van der Waals surface area contributed by atoms with E-state index >= 15 is 0 Å². The van der Waals surface area contributed by atoms with Gasteiger partial charge in [0.1, 0.15) is 6.54 Å². The zero-order chi connectivity index (χ0) is 16.2. The minimum atomic E-state index is -0.520. The molecule has 126 valence electrons. The van der Waals surface area contributed by atoms with E-state index in [0.717, 1.165) is 31.7 Å². The number of aromatic nitrogens is 2. The molecule has 1 unspecified atom stereocenters. The number of H-pyrrole nitrogens is 1. The first kappa shape index (κ1) is 16.0. The van der Waals surface area contributed by atoms with E-state index in [4.69, 9.17) is 0 Å². The van der Waals surface area contributed by atoms with Crippen LogP contribution in [0.5, 0.6) is 0 Å². The molecule has 6 nitrogen and oxygen atoms in total. The van der Waals surface area contributed by atoms with E-state index in [0.29, 0.717) is 6.04 Å². The van der Waals surface area contributed by atoms with Crippen LogP contribution in [0, 0.1) is 5.92 Å². The molecular formula is C17H25N3O3. The van der Waals surface area contributed by atoms with Crippen LogP contribution in [-0.4, -0.2) is 32.9 Å². The molecule has 1 amide bonds. The molecule has 1 saturated carbocycles. The van der Waals surface area contributed by atoms with Crippen molar-refractivity contribution in [1.29, 1.82) is 0 Å². The first-order valence-electron chi connectivity index (χ1n) is 8.73. The fourth-order valence-electron chi connectivity index (χ4n) is 4.02. The van der Waals surface area contributed by atoms with Gasteiger partial charge in [-0.05, 0) is 25.2 Å². The van der Waals surface area contributed by atoms with Gasteiger partial charge in [0.15, 0.2) is 0 Å². The SMILES string of the molecule is O=C(Cn1ccc(=O)[nH]c1=O)N1CCCC1CC1CCCCC1. The molecule has 1 aliphatic heterocycles. The van der Waals surface area contributed by atoms with E-state index in [1.165, 1.54) is 48.9 Å². The van der Waals surface area contributed by atoms with Gasteiger partial charge in [0, 0.05) is 24.8 Å². The largest absolute Gasteiger partial charge is 0.338 e. The summed E-state index contributed by atoms with van der Waals surface area (Å²) >= 11 is 0. The van der Waals surface area contributed by atoms with Crippen molar-refractivity contribution in [3.8, 4) is 0 Å². The molecule has 1 N–H and O–H groups in total. The van der Waals surface area contributed by atoms with E-state index in [1.54, 1.807) is 0 Å². The summed E-state index contributed by atoms with van der Waals surface area (Å²) < 4.78 is 1.28. The molecule has 0 aromatic carbocycles. The predicted molar refractivity (Wildman–Crippen MR) is 87.2 cm³/mol. The van der Waals surface area contributed by atoms with Crippen LogP contribution in [0.1, 0.15) is 51.4 Å². The third kappa shape index (κ3) is 3.92. The van der Waals surface area contributed by atoms with Crippen molar-refractivity contribution in [2.45, 2.75) is 64.0 Å². The topological polar surface area (TPSA) is 75.2 Å². The van der Waals surface area contributed by atoms with E-state index in [1.807, 2.05) is 4.90 Å². The fourth-order valence-corrected chi connectivity index (χ4v) is 4.02. The fraction of sp³-hybridized carbons (Fsp3) is 0.706. The van der Waals surface area contributed by atoms with Crippen LogP contribution in [-0.2, 0) is 11.3 Å². The van der Waals surface area contributed by atoms with Crippen molar-refractivity contribution in [3.63, 3.8) is 0 Å². The summed E-state index contributed by atoms with van der Waals surface area (Å²) in [6.07, 6.45) is 11.2. The first-order valence-corrected chi connectivity index (χ1v) is 8.73. The molecule has 2 aliphatic rings. The molecule has 1 aromatic heterocycles. The van der Waals surface area contributed by atoms with E-state index in [9.17, 15) is 14.4 Å². The minimum absolute atomic E-state index is 0.0107. The molecule has 0 radical (unpaired) electrons. The summed E-state index contributed by atoms with van der Waals surface area (Å²) in [7, 11) is 0. The zero-order valence-electron chi connectivity index (χ0n) is 13.5. The maximum absolute atomic E-state index is 12.6. The number of amides is 1. The number of nitrogens with zero attached hydrogens (tertiary/aromatic N) is 2. The Labute approximate surface area is 135 Å². The normalized spacial score (nSPS) is 22.4. The summed E-state index contributed by atoms with van der Waals surface area (Å²) in [5.41, 5.74) is -0.955. The molecule has 1 atom stereocenters. The van der Waals surface area contributed by atoms with Gasteiger partial charge in [0.2, 0.25) is 5.91 Å². The molecule has 1 aromatic rings. The Morgan fingerprint density at radius 1 is 1.13 bits per heavy atom. The molecule has 2 fully saturated rings. The molecule has 0 bridgehead atoms. The second kappa shape index (κ2) is 7.15. The predicted octanol–water partition coefficient (Wildman–Crippen LogP) is 1.50. The van der Waals surface area contributed by atoms with Gasteiger partial charge < -0.3 is 4.90 Å². The van der Waals surface area contributed by atoms with Crippen LogP contribution >= 0.6 is 0 Å². The second-order valence-electron chi connectivity index (χ2n) is 6.86.